The van der Waals surface area contributed by atoms with E-state index in [0.29, 0.717) is 49.1 Å². The normalized spacial score (nSPS) is 14.1. The third-order valence-corrected chi connectivity index (χ3v) is 9.95. The molecule has 1 saturated heterocycles. The van der Waals surface area contributed by atoms with E-state index in [0.717, 1.165) is 16.8 Å². The van der Waals surface area contributed by atoms with Crippen molar-refractivity contribution in [3.8, 4) is 0 Å². The first-order valence-electron chi connectivity index (χ1n) is 15.9. The van der Waals surface area contributed by atoms with Crippen molar-refractivity contribution in [2.75, 3.05) is 44.2 Å². The number of ether oxygens (including phenoxy) is 2. The number of nitrogens with zero attached hydrogens (tertiary/aromatic N) is 3. The van der Waals surface area contributed by atoms with E-state index in [1.807, 2.05) is 75.4 Å². The second-order valence-corrected chi connectivity index (χ2v) is 14.5. The molecule has 1 amide bonds. The Bertz CT molecular complexity index is 1820. The number of esters is 1. The zero-order valence-electron chi connectivity index (χ0n) is 27.7. The van der Waals surface area contributed by atoms with Gasteiger partial charge in [0, 0.05) is 55.9 Å². The third kappa shape index (κ3) is 7.97. The maximum Gasteiger partial charge on any atom is 0.410 e. The summed E-state index contributed by atoms with van der Waals surface area (Å²) in [5.41, 5.74) is 3.19. The van der Waals surface area contributed by atoms with Crippen LogP contribution in [0, 0.1) is 6.92 Å². The highest BCUT2D eigenvalue weighted by Crippen LogP contribution is 2.31. The minimum Gasteiger partial charge on any atom is -0.460 e. The molecule has 1 aliphatic heterocycles. The van der Waals surface area contributed by atoms with Crippen molar-refractivity contribution in [1.29, 1.82) is 0 Å². The Kier molecular flexibility index (Phi) is 10.3. The smallest absolute Gasteiger partial charge is 0.410 e. The number of carbonyl (C=O) groups excluding carboxylic acids is 2. The number of benzene rings is 3. The van der Waals surface area contributed by atoms with Crippen LogP contribution in [0.4, 0.5) is 10.5 Å². The van der Waals surface area contributed by atoms with Crippen molar-refractivity contribution in [2.45, 2.75) is 58.1 Å². The number of para-hydroxylation sites is 1. The summed E-state index contributed by atoms with van der Waals surface area (Å²) < 4.78 is 46.8. The van der Waals surface area contributed by atoms with Gasteiger partial charge in [0.25, 0.3) is 0 Å². The molecular formula is C36H43N3O7S. The first-order chi connectivity index (χ1) is 22.4. The molecule has 10 nitrogen and oxygen atoms in total. The molecule has 5 rings (SSSR count). The summed E-state index contributed by atoms with van der Waals surface area (Å²) in [7, 11) is -4.00. The van der Waals surface area contributed by atoms with Gasteiger partial charge in [-0.3, -0.25) is 0 Å². The lowest BCUT2D eigenvalue weighted by molar-refractivity contribution is 0.0240. The molecule has 0 N–H and O–H groups in total. The van der Waals surface area contributed by atoms with Gasteiger partial charge in [-0.1, -0.05) is 48.5 Å². The van der Waals surface area contributed by atoms with Crippen LogP contribution in [0.15, 0.2) is 82.1 Å². The van der Waals surface area contributed by atoms with Gasteiger partial charge < -0.3 is 23.7 Å². The number of amides is 1. The van der Waals surface area contributed by atoms with Gasteiger partial charge >= 0.3 is 12.1 Å². The van der Waals surface area contributed by atoms with Crippen molar-refractivity contribution in [3.05, 3.63) is 95.2 Å². The van der Waals surface area contributed by atoms with E-state index in [9.17, 15) is 18.0 Å². The molecule has 0 aliphatic carbocycles. The van der Waals surface area contributed by atoms with Gasteiger partial charge in [0.2, 0.25) is 15.8 Å². The highest BCUT2D eigenvalue weighted by atomic mass is 32.2. The van der Waals surface area contributed by atoms with E-state index in [4.69, 9.17) is 13.9 Å². The molecule has 0 atom stereocenters. The number of carbonyl (C=O) groups is 2. The molecule has 0 bridgehead atoms. The number of piperazine rings is 1. The molecule has 250 valence electrons. The topological polar surface area (TPSA) is 110 Å². The number of rotatable bonds is 10. The van der Waals surface area contributed by atoms with Crippen LogP contribution >= 0.6 is 0 Å². The molecule has 0 spiro atoms. The van der Waals surface area contributed by atoms with Crippen LogP contribution in [0.25, 0.3) is 11.0 Å². The zero-order valence-corrected chi connectivity index (χ0v) is 28.5. The Morgan fingerprint density at radius 1 is 0.936 bits per heavy atom. The number of hydrogen-bond acceptors (Lipinski definition) is 8. The van der Waals surface area contributed by atoms with Crippen LogP contribution in [0.3, 0.4) is 0 Å². The number of aryl methyl sites for hydroxylation is 1. The first kappa shape index (κ1) is 34.0. The molecule has 0 saturated carbocycles. The van der Waals surface area contributed by atoms with Gasteiger partial charge in [-0.2, -0.15) is 4.31 Å². The van der Waals surface area contributed by atoms with Crippen molar-refractivity contribution < 1.29 is 31.9 Å². The van der Waals surface area contributed by atoms with E-state index >= 15 is 0 Å². The SMILES string of the molecule is CCOC(=O)c1oc2ccc(S(=O)(=O)N(CCc3ccccc3)Cc3ccccc3N3CCN(C(=O)OC(C)(C)C)CC3)cc2c1C. The summed E-state index contributed by atoms with van der Waals surface area (Å²) in [6.07, 6.45) is 0.194. The molecule has 4 aromatic rings. The Morgan fingerprint density at radius 3 is 2.30 bits per heavy atom. The molecular weight excluding hydrogens is 618 g/mol. The fourth-order valence-corrected chi connectivity index (χ4v) is 7.13. The van der Waals surface area contributed by atoms with Crippen molar-refractivity contribution in [1.82, 2.24) is 9.21 Å². The summed E-state index contributed by atoms with van der Waals surface area (Å²) in [4.78, 5) is 29.1. The van der Waals surface area contributed by atoms with Crippen LogP contribution in [0.2, 0.25) is 0 Å². The van der Waals surface area contributed by atoms with E-state index in [2.05, 4.69) is 4.90 Å². The maximum atomic E-state index is 14.4. The van der Waals surface area contributed by atoms with Crippen LogP contribution in [0.5, 0.6) is 0 Å². The number of hydrogen-bond donors (Lipinski definition) is 0. The number of sulfonamides is 1. The molecule has 47 heavy (non-hydrogen) atoms. The number of fused-ring (bicyclic) bond motifs is 1. The average Bonchev–Trinajstić information content (AvgIpc) is 3.38. The Labute approximate surface area is 276 Å². The fraction of sp³-hybridized carbons (Fsp3) is 0.389. The second-order valence-electron chi connectivity index (χ2n) is 12.6. The van der Waals surface area contributed by atoms with Crippen molar-refractivity contribution in [2.24, 2.45) is 0 Å². The fourth-order valence-electron chi connectivity index (χ4n) is 5.68. The average molecular weight is 662 g/mol. The Balaban J connectivity index is 1.43. The van der Waals surface area contributed by atoms with Crippen LogP contribution in [-0.2, 0) is 32.5 Å². The minimum absolute atomic E-state index is 0.0676. The monoisotopic (exact) mass is 661 g/mol. The number of anilines is 1. The summed E-state index contributed by atoms with van der Waals surface area (Å²) in [6, 6.07) is 22.3. The lowest BCUT2D eigenvalue weighted by Crippen LogP contribution is -2.50. The van der Waals surface area contributed by atoms with Gasteiger partial charge in [0.15, 0.2) is 0 Å². The highest BCUT2D eigenvalue weighted by molar-refractivity contribution is 7.89. The minimum atomic E-state index is -4.00. The largest absolute Gasteiger partial charge is 0.460 e. The number of furan rings is 1. The molecule has 2 heterocycles. The molecule has 3 aromatic carbocycles. The third-order valence-electron chi connectivity index (χ3n) is 8.11. The van der Waals surface area contributed by atoms with E-state index in [1.54, 1.807) is 30.9 Å². The molecule has 11 heteroatoms. The predicted molar refractivity (Wildman–Crippen MR) is 181 cm³/mol. The Morgan fingerprint density at radius 2 is 1.62 bits per heavy atom. The summed E-state index contributed by atoms with van der Waals surface area (Å²) in [5, 5.41) is 0.542. The van der Waals surface area contributed by atoms with Gasteiger partial charge in [-0.15, -0.1) is 0 Å². The van der Waals surface area contributed by atoms with Crippen molar-refractivity contribution >= 4 is 38.7 Å². The zero-order chi connectivity index (χ0) is 33.8. The molecule has 0 radical (unpaired) electrons. The van der Waals surface area contributed by atoms with Gasteiger partial charge in [-0.05, 0) is 76.4 Å². The van der Waals surface area contributed by atoms with Crippen LogP contribution in [0.1, 0.15) is 54.9 Å². The van der Waals surface area contributed by atoms with Crippen LogP contribution in [-0.4, -0.2) is 74.6 Å². The summed E-state index contributed by atoms with van der Waals surface area (Å²) in [6.45, 7) is 11.8. The van der Waals surface area contributed by atoms with E-state index < -0.39 is 21.6 Å². The maximum absolute atomic E-state index is 14.4. The molecule has 1 aliphatic rings. The Hall–Kier alpha value is -4.35. The van der Waals surface area contributed by atoms with E-state index in [-0.39, 0.29) is 36.4 Å². The van der Waals surface area contributed by atoms with Gasteiger partial charge in [0.1, 0.15) is 11.2 Å². The van der Waals surface area contributed by atoms with E-state index in [1.165, 1.54) is 10.4 Å². The molecule has 1 aromatic heterocycles. The quantitative estimate of drug-likeness (QED) is 0.180. The van der Waals surface area contributed by atoms with Crippen molar-refractivity contribution in [3.63, 3.8) is 0 Å². The molecule has 1 fully saturated rings. The van der Waals surface area contributed by atoms with Gasteiger partial charge in [-0.25, -0.2) is 18.0 Å². The van der Waals surface area contributed by atoms with Gasteiger partial charge in [0.05, 0.1) is 11.5 Å². The molecule has 0 unspecified atom stereocenters. The predicted octanol–water partition coefficient (Wildman–Crippen LogP) is 6.41. The lowest BCUT2D eigenvalue weighted by Gasteiger charge is -2.38. The second kappa shape index (κ2) is 14.2. The summed E-state index contributed by atoms with van der Waals surface area (Å²) >= 11 is 0. The summed E-state index contributed by atoms with van der Waals surface area (Å²) in [5.74, 6) is -0.517. The standard InChI is InChI=1S/C36H43N3O7S/c1-6-44-34(40)33-26(2)30-24-29(16-17-32(30)45-33)47(42,43)39(19-18-27-12-8-7-9-13-27)25-28-14-10-11-15-31(28)37-20-22-38(23-21-37)35(41)46-36(3,4)5/h7-17,24H,6,18-23,25H2,1-5H3. The first-order valence-corrected chi connectivity index (χ1v) is 17.4. The lowest BCUT2D eigenvalue weighted by atomic mass is 10.1. The van der Waals surface area contributed by atoms with Crippen LogP contribution < -0.4 is 4.90 Å². The highest BCUT2D eigenvalue weighted by Gasteiger charge is 2.30.